The van der Waals surface area contributed by atoms with Crippen molar-refractivity contribution in [2.75, 3.05) is 6.54 Å². The number of hydrogen-bond donors (Lipinski definition) is 2. The van der Waals surface area contributed by atoms with Crippen LogP contribution in [0.3, 0.4) is 0 Å². The van der Waals surface area contributed by atoms with Crippen LogP contribution in [0.15, 0.2) is 0 Å². The first kappa shape index (κ1) is 13.4. The van der Waals surface area contributed by atoms with E-state index >= 15 is 0 Å². The number of rotatable bonds is 5. The largest absolute Gasteiger partial charge is 0.481 e. The van der Waals surface area contributed by atoms with Crippen LogP contribution in [-0.4, -0.2) is 23.5 Å². The fourth-order valence-electron chi connectivity index (χ4n) is 3.33. The van der Waals surface area contributed by atoms with Crippen molar-refractivity contribution in [2.24, 2.45) is 23.2 Å². The zero-order valence-electron chi connectivity index (χ0n) is 11.2. The molecule has 2 rings (SSSR count). The van der Waals surface area contributed by atoms with Crippen molar-refractivity contribution >= 4 is 11.9 Å². The van der Waals surface area contributed by atoms with Crippen molar-refractivity contribution in [1.29, 1.82) is 0 Å². The molecular formula is C14H23NO3. The molecule has 0 radical (unpaired) electrons. The average Bonchev–Trinajstić information content (AvgIpc) is 2.97. The Morgan fingerprint density at radius 2 is 2.06 bits per heavy atom. The van der Waals surface area contributed by atoms with Crippen molar-refractivity contribution in [1.82, 2.24) is 5.32 Å². The van der Waals surface area contributed by atoms with Gasteiger partial charge in [-0.05, 0) is 44.4 Å². The molecule has 2 fully saturated rings. The number of carboxylic acid groups (broad SMARTS) is 1. The molecule has 0 aliphatic heterocycles. The molecule has 2 saturated carbocycles. The summed E-state index contributed by atoms with van der Waals surface area (Å²) in [4.78, 5) is 23.3. The smallest absolute Gasteiger partial charge is 0.311 e. The molecule has 2 aliphatic carbocycles. The highest BCUT2D eigenvalue weighted by Crippen LogP contribution is 2.48. The van der Waals surface area contributed by atoms with Gasteiger partial charge >= 0.3 is 5.97 Å². The Kier molecular flexibility index (Phi) is 3.64. The Hall–Kier alpha value is -1.06. The third kappa shape index (κ3) is 2.38. The Morgan fingerprint density at radius 3 is 2.50 bits per heavy atom. The molecule has 4 unspecified atom stereocenters. The number of amides is 1. The van der Waals surface area contributed by atoms with Gasteiger partial charge in [-0.3, -0.25) is 9.59 Å². The first-order chi connectivity index (χ1) is 8.46. The summed E-state index contributed by atoms with van der Waals surface area (Å²) in [6, 6.07) is 0. The second-order valence-electron chi connectivity index (χ2n) is 6.22. The molecule has 0 saturated heterocycles. The lowest BCUT2D eigenvalue weighted by molar-refractivity contribution is -0.148. The lowest BCUT2D eigenvalue weighted by Crippen LogP contribution is -2.43. The molecule has 0 aromatic carbocycles. The number of carbonyl (C=O) groups excluding carboxylic acids is 1. The van der Waals surface area contributed by atoms with Gasteiger partial charge in [0, 0.05) is 12.5 Å². The van der Waals surface area contributed by atoms with Crippen molar-refractivity contribution in [3.63, 3.8) is 0 Å². The van der Waals surface area contributed by atoms with E-state index in [9.17, 15) is 9.59 Å². The molecule has 0 heterocycles. The molecular weight excluding hydrogens is 230 g/mol. The minimum Gasteiger partial charge on any atom is -0.481 e. The standard InChI is InChI=1S/C14H23NO3/c1-3-14(2,13(17)18)8-15-12(16)11-7-9-4-5-10(11)6-9/h9-11H,3-8H2,1-2H3,(H,15,16)(H,17,18). The number of nitrogens with one attached hydrogen (secondary N) is 1. The summed E-state index contributed by atoms with van der Waals surface area (Å²) in [6.45, 7) is 3.78. The van der Waals surface area contributed by atoms with E-state index in [1.54, 1.807) is 6.92 Å². The maximum atomic E-state index is 12.1. The summed E-state index contributed by atoms with van der Waals surface area (Å²) in [7, 11) is 0. The highest BCUT2D eigenvalue weighted by atomic mass is 16.4. The Morgan fingerprint density at radius 1 is 1.33 bits per heavy atom. The fourth-order valence-corrected chi connectivity index (χ4v) is 3.33. The van der Waals surface area contributed by atoms with Crippen LogP contribution in [0.5, 0.6) is 0 Å². The first-order valence-corrected chi connectivity index (χ1v) is 6.97. The summed E-state index contributed by atoms with van der Waals surface area (Å²) in [6.07, 6.45) is 5.18. The van der Waals surface area contributed by atoms with E-state index in [1.807, 2.05) is 6.92 Å². The normalized spacial score (nSPS) is 33.1. The van der Waals surface area contributed by atoms with E-state index in [0.29, 0.717) is 12.3 Å². The lowest BCUT2D eigenvalue weighted by Gasteiger charge is -2.26. The van der Waals surface area contributed by atoms with Crippen LogP contribution in [0.4, 0.5) is 0 Å². The van der Waals surface area contributed by atoms with Crippen molar-refractivity contribution in [3.05, 3.63) is 0 Å². The number of carboxylic acids is 1. The van der Waals surface area contributed by atoms with Crippen LogP contribution in [0.2, 0.25) is 0 Å². The monoisotopic (exact) mass is 253 g/mol. The van der Waals surface area contributed by atoms with E-state index in [0.717, 1.165) is 12.3 Å². The van der Waals surface area contributed by atoms with Crippen molar-refractivity contribution in [3.8, 4) is 0 Å². The molecule has 2 bridgehead atoms. The molecule has 2 N–H and O–H groups in total. The molecule has 0 aromatic rings. The molecule has 1 amide bonds. The van der Waals surface area contributed by atoms with Crippen molar-refractivity contribution in [2.45, 2.75) is 46.0 Å². The number of aliphatic carboxylic acids is 1. The zero-order chi connectivity index (χ0) is 13.3. The summed E-state index contributed by atoms with van der Waals surface area (Å²) in [5.74, 6) is 0.663. The number of hydrogen-bond acceptors (Lipinski definition) is 2. The van der Waals surface area contributed by atoms with Gasteiger partial charge in [-0.15, -0.1) is 0 Å². The maximum absolute atomic E-state index is 12.1. The summed E-state index contributed by atoms with van der Waals surface area (Å²) >= 11 is 0. The number of fused-ring (bicyclic) bond motifs is 2. The highest BCUT2D eigenvalue weighted by molar-refractivity contribution is 5.81. The van der Waals surface area contributed by atoms with Crippen LogP contribution in [0, 0.1) is 23.2 Å². The van der Waals surface area contributed by atoms with Gasteiger partial charge in [-0.2, -0.15) is 0 Å². The molecule has 102 valence electrons. The first-order valence-electron chi connectivity index (χ1n) is 6.97. The van der Waals surface area contributed by atoms with E-state index in [1.165, 1.54) is 19.3 Å². The van der Waals surface area contributed by atoms with Crippen LogP contribution in [-0.2, 0) is 9.59 Å². The Bertz CT molecular complexity index is 355. The third-order valence-corrected chi connectivity index (χ3v) is 5.02. The van der Waals surface area contributed by atoms with Gasteiger partial charge in [-0.1, -0.05) is 13.3 Å². The van der Waals surface area contributed by atoms with Crippen LogP contribution < -0.4 is 5.32 Å². The molecule has 4 heteroatoms. The van der Waals surface area contributed by atoms with Gasteiger partial charge in [0.2, 0.25) is 5.91 Å². The molecule has 2 aliphatic rings. The van der Waals surface area contributed by atoms with Crippen molar-refractivity contribution < 1.29 is 14.7 Å². The molecule has 4 nitrogen and oxygen atoms in total. The van der Waals surface area contributed by atoms with Crippen LogP contribution in [0.1, 0.15) is 46.0 Å². The second kappa shape index (κ2) is 4.90. The zero-order valence-corrected chi connectivity index (χ0v) is 11.2. The quantitative estimate of drug-likeness (QED) is 0.788. The second-order valence-corrected chi connectivity index (χ2v) is 6.22. The maximum Gasteiger partial charge on any atom is 0.311 e. The highest BCUT2D eigenvalue weighted by Gasteiger charge is 2.43. The fraction of sp³-hybridized carbons (Fsp3) is 0.857. The summed E-state index contributed by atoms with van der Waals surface area (Å²) in [5.41, 5.74) is -0.840. The van der Waals surface area contributed by atoms with Gasteiger partial charge < -0.3 is 10.4 Å². The van der Waals surface area contributed by atoms with E-state index in [4.69, 9.17) is 5.11 Å². The van der Waals surface area contributed by atoms with Gasteiger partial charge in [0.15, 0.2) is 0 Å². The average molecular weight is 253 g/mol. The van der Waals surface area contributed by atoms with E-state index in [-0.39, 0.29) is 18.4 Å². The van der Waals surface area contributed by atoms with Gasteiger partial charge in [-0.25, -0.2) is 0 Å². The predicted octanol–water partition coefficient (Wildman–Crippen LogP) is 2.04. The van der Waals surface area contributed by atoms with E-state index < -0.39 is 11.4 Å². The molecule has 0 aromatic heterocycles. The lowest BCUT2D eigenvalue weighted by atomic mass is 9.85. The third-order valence-electron chi connectivity index (χ3n) is 5.02. The minimum atomic E-state index is -0.840. The Balaban J connectivity index is 1.87. The van der Waals surface area contributed by atoms with E-state index in [2.05, 4.69) is 5.32 Å². The van der Waals surface area contributed by atoms with Gasteiger partial charge in [0.1, 0.15) is 0 Å². The SMILES string of the molecule is CCC(C)(CNC(=O)C1CC2CCC1C2)C(=O)O. The Labute approximate surface area is 108 Å². The molecule has 4 atom stereocenters. The van der Waals surface area contributed by atoms with Crippen LogP contribution >= 0.6 is 0 Å². The van der Waals surface area contributed by atoms with Gasteiger partial charge in [0.05, 0.1) is 5.41 Å². The van der Waals surface area contributed by atoms with Crippen LogP contribution in [0.25, 0.3) is 0 Å². The summed E-state index contributed by atoms with van der Waals surface area (Å²) in [5, 5.41) is 12.0. The number of carbonyl (C=O) groups is 2. The minimum absolute atomic E-state index is 0.0723. The molecule has 0 spiro atoms. The topological polar surface area (TPSA) is 66.4 Å². The summed E-state index contributed by atoms with van der Waals surface area (Å²) < 4.78 is 0. The predicted molar refractivity (Wildman–Crippen MR) is 68.0 cm³/mol. The van der Waals surface area contributed by atoms with Gasteiger partial charge in [0.25, 0.3) is 0 Å². The molecule has 18 heavy (non-hydrogen) atoms.